The molecule has 1 unspecified atom stereocenters. The number of benzene rings is 1. The number of imidazole rings is 1. The third kappa shape index (κ3) is 5.74. The van der Waals surface area contributed by atoms with E-state index in [1.807, 2.05) is 30.3 Å². The Hall–Kier alpha value is -3.70. The zero-order valence-corrected chi connectivity index (χ0v) is 20.1. The average molecular weight is 495 g/mol. The van der Waals surface area contributed by atoms with Gasteiger partial charge in [0.15, 0.2) is 6.61 Å². The quantitative estimate of drug-likeness (QED) is 0.336. The van der Waals surface area contributed by atoms with E-state index < -0.39 is 12.5 Å². The minimum atomic E-state index is -2.94. The molecule has 9 nitrogen and oxygen atoms in total. The standard InChI is InChI=1S/C25H28F2N8O/c1-16(35-9-7-28-8-10-35)17-5-6-29-22(12-17)34-24-32-19-4-3-18(11-21(19)33-24)20-13-23(31-15-30-20)36-14-25(2,26)27/h3-6,11-13,15-16,28H,7-10,14H2,1-2H3,(H2,29,32,33,34). The number of nitrogens with one attached hydrogen (secondary N) is 3. The highest BCUT2D eigenvalue weighted by Gasteiger charge is 2.22. The smallest absolute Gasteiger partial charge is 0.278 e. The Labute approximate surface area is 207 Å². The first-order chi connectivity index (χ1) is 17.3. The molecule has 36 heavy (non-hydrogen) atoms. The van der Waals surface area contributed by atoms with Crippen molar-refractivity contribution in [2.24, 2.45) is 0 Å². The van der Waals surface area contributed by atoms with Crippen molar-refractivity contribution < 1.29 is 13.5 Å². The zero-order valence-electron chi connectivity index (χ0n) is 20.1. The van der Waals surface area contributed by atoms with Crippen LogP contribution in [0.5, 0.6) is 5.88 Å². The molecule has 0 saturated carbocycles. The van der Waals surface area contributed by atoms with E-state index in [4.69, 9.17) is 4.74 Å². The van der Waals surface area contributed by atoms with E-state index in [9.17, 15) is 8.78 Å². The second-order valence-electron chi connectivity index (χ2n) is 8.98. The first kappa shape index (κ1) is 24.0. The van der Waals surface area contributed by atoms with Crippen LogP contribution in [-0.4, -0.2) is 68.5 Å². The van der Waals surface area contributed by atoms with Crippen LogP contribution in [0.4, 0.5) is 20.5 Å². The van der Waals surface area contributed by atoms with Crippen LogP contribution in [0.25, 0.3) is 22.3 Å². The molecule has 5 rings (SSSR count). The number of rotatable bonds is 8. The fourth-order valence-corrected chi connectivity index (χ4v) is 4.18. The SMILES string of the molecule is CC(c1ccnc(Nc2nc3ccc(-c4cc(OCC(C)(F)F)ncn4)cc3[nH]2)c1)N1CCNCC1. The molecule has 1 saturated heterocycles. The molecule has 0 amide bonds. The summed E-state index contributed by atoms with van der Waals surface area (Å²) in [6.45, 7) is 6.29. The van der Waals surface area contributed by atoms with Gasteiger partial charge in [-0.1, -0.05) is 6.07 Å². The summed E-state index contributed by atoms with van der Waals surface area (Å²) in [7, 11) is 0. The van der Waals surface area contributed by atoms with Gasteiger partial charge in [-0.3, -0.25) is 4.90 Å². The minimum absolute atomic E-state index is 0.0922. The van der Waals surface area contributed by atoms with Gasteiger partial charge in [0.2, 0.25) is 11.8 Å². The van der Waals surface area contributed by atoms with Gasteiger partial charge in [0.25, 0.3) is 5.92 Å². The monoisotopic (exact) mass is 494 g/mol. The molecule has 4 heterocycles. The molecular weight excluding hydrogens is 466 g/mol. The lowest BCUT2D eigenvalue weighted by molar-refractivity contribution is -0.0242. The number of anilines is 2. The Morgan fingerprint density at radius 1 is 1.11 bits per heavy atom. The number of piperazine rings is 1. The van der Waals surface area contributed by atoms with Crippen LogP contribution in [0.1, 0.15) is 25.5 Å². The predicted octanol–water partition coefficient (Wildman–Crippen LogP) is 4.16. The molecule has 11 heteroatoms. The Morgan fingerprint density at radius 3 is 2.75 bits per heavy atom. The summed E-state index contributed by atoms with van der Waals surface area (Å²) in [5.41, 5.74) is 4.08. The number of H-pyrrole nitrogens is 1. The van der Waals surface area contributed by atoms with Gasteiger partial charge in [-0.25, -0.2) is 28.7 Å². The number of fused-ring (bicyclic) bond motifs is 1. The highest BCUT2D eigenvalue weighted by atomic mass is 19.3. The molecular formula is C25H28F2N8O. The van der Waals surface area contributed by atoms with Crippen LogP contribution in [0.3, 0.4) is 0 Å². The first-order valence-electron chi connectivity index (χ1n) is 11.8. The average Bonchev–Trinajstić information content (AvgIpc) is 3.29. The van der Waals surface area contributed by atoms with Crippen LogP contribution in [0.15, 0.2) is 48.9 Å². The Kier molecular flexibility index (Phi) is 6.75. The Morgan fingerprint density at radius 2 is 1.94 bits per heavy atom. The zero-order chi connectivity index (χ0) is 25.1. The van der Waals surface area contributed by atoms with E-state index in [1.54, 1.807) is 6.20 Å². The molecule has 1 aromatic carbocycles. The topological polar surface area (TPSA) is 104 Å². The maximum atomic E-state index is 13.1. The van der Waals surface area contributed by atoms with Crippen molar-refractivity contribution in [3.63, 3.8) is 0 Å². The number of aromatic nitrogens is 5. The molecule has 0 aliphatic carbocycles. The van der Waals surface area contributed by atoms with Gasteiger partial charge in [-0.2, -0.15) is 0 Å². The second kappa shape index (κ2) is 10.1. The lowest BCUT2D eigenvalue weighted by Crippen LogP contribution is -2.44. The minimum Gasteiger partial charge on any atom is -0.471 e. The van der Waals surface area contributed by atoms with Crippen molar-refractivity contribution in [3.8, 4) is 17.1 Å². The number of hydrogen-bond donors (Lipinski definition) is 3. The number of hydrogen-bond acceptors (Lipinski definition) is 8. The summed E-state index contributed by atoms with van der Waals surface area (Å²) < 4.78 is 31.3. The van der Waals surface area contributed by atoms with Gasteiger partial charge in [-0.05, 0) is 36.8 Å². The highest BCUT2D eigenvalue weighted by Crippen LogP contribution is 2.27. The van der Waals surface area contributed by atoms with E-state index in [-0.39, 0.29) is 5.88 Å². The first-order valence-corrected chi connectivity index (χ1v) is 11.8. The van der Waals surface area contributed by atoms with E-state index in [0.29, 0.717) is 23.5 Å². The summed E-state index contributed by atoms with van der Waals surface area (Å²) in [4.78, 5) is 23.0. The molecule has 0 bridgehead atoms. The van der Waals surface area contributed by atoms with Gasteiger partial charge in [-0.15, -0.1) is 0 Å². The van der Waals surface area contributed by atoms with Crippen molar-refractivity contribution in [3.05, 3.63) is 54.5 Å². The molecule has 1 fully saturated rings. The van der Waals surface area contributed by atoms with Crippen LogP contribution in [-0.2, 0) is 0 Å². The maximum Gasteiger partial charge on any atom is 0.278 e. The molecule has 0 spiro atoms. The van der Waals surface area contributed by atoms with Crippen molar-refractivity contribution in [2.75, 3.05) is 38.1 Å². The summed E-state index contributed by atoms with van der Waals surface area (Å²) in [5, 5.41) is 6.65. The van der Waals surface area contributed by atoms with Crippen LogP contribution in [0.2, 0.25) is 0 Å². The van der Waals surface area contributed by atoms with Gasteiger partial charge < -0.3 is 20.4 Å². The molecule has 0 radical (unpaired) electrons. The van der Waals surface area contributed by atoms with Crippen LogP contribution < -0.4 is 15.4 Å². The number of aromatic amines is 1. The summed E-state index contributed by atoms with van der Waals surface area (Å²) >= 11 is 0. The summed E-state index contributed by atoms with van der Waals surface area (Å²) in [6.07, 6.45) is 3.10. The maximum absolute atomic E-state index is 13.1. The van der Waals surface area contributed by atoms with Gasteiger partial charge in [0.1, 0.15) is 12.1 Å². The van der Waals surface area contributed by atoms with E-state index >= 15 is 0 Å². The predicted molar refractivity (Wildman–Crippen MR) is 134 cm³/mol. The summed E-state index contributed by atoms with van der Waals surface area (Å²) in [6, 6.07) is 11.5. The van der Waals surface area contributed by atoms with Gasteiger partial charge >= 0.3 is 0 Å². The van der Waals surface area contributed by atoms with Crippen LogP contribution >= 0.6 is 0 Å². The highest BCUT2D eigenvalue weighted by molar-refractivity contribution is 5.83. The van der Waals surface area contributed by atoms with Crippen molar-refractivity contribution in [1.29, 1.82) is 0 Å². The summed E-state index contributed by atoms with van der Waals surface area (Å²) in [5.74, 6) is -1.58. The van der Waals surface area contributed by atoms with E-state index in [1.165, 1.54) is 18.0 Å². The normalized spacial score (nSPS) is 15.7. The second-order valence-corrected chi connectivity index (χ2v) is 8.98. The molecule has 4 aromatic rings. The number of nitrogens with zero attached hydrogens (tertiary/aromatic N) is 5. The molecule has 3 aromatic heterocycles. The van der Waals surface area contributed by atoms with E-state index in [0.717, 1.165) is 49.7 Å². The Balaban J connectivity index is 1.32. The van der Waals surface area contributed by atoms with Crippen molar-refractivity contribution in [2.45, 2.75) is 25.8 Å². The molecule has 188 valence electrons. The number of halogens is 2. The van der Waals surface area contributed by atoms with E-state index in [2.05, 4.69) is 47.4 Å². The largest absolute Gasteiger partial charge is 0.471 e. The Bertz CT molecular complexity index is 1330. The van der Waals surface area contributed by atoms with Crippen LogP contribution in [0, 0.1) is 0 Å². The number of ether oxygens (including phenoxy) is 1. The molecule has 3 N–H and O–H groups in total. The molecule has 1 atom stereocenters. The molecule has 1 aliphatic rings. The fraction of sp³-hybridized carbons (Fsp3) is 0.360. The van der Waals surface area contributed by atoms with Crippen molar-refractivity contribution in [1.82, 2.24) is 35.1 Å². The molecule has 1 aliphatic heterocycles. The number of pyridine rings is 1. The lowest BCUT2D eigenvalue weighted by atomic mass is 10.1. The van der Waals surface area contributed by atoms with Gasteiger partial charge in [0.05, 0.1) is 16.7 Å². The lowest BCUT2D eigenvalue weighted by Gasteiger charge is -2.33. The van der Waals surface area contributed by atoms with Gasteiger partial charge in [0, 0.05) is 57.0 Å². The third-order valence-electron chi connectivity index (χ3n) is 6.11. The fourth-order valence-electron chi connectivity index (χ4n) is 4.18. The third-order valence-corrected chi connectivity index (χ3v) is 6.11. The van der Waals surface area contributed by atoms with Crippen molar-refractivity contribution >= 4 is 22.8 Å². The number of alkyl halides is 2.